The molecule has 0 radical (unpaired) electrons. The molecule has 5 aromatic rings. The first kappa shape index (κ1) is 34.7. The molecule has 0 spiro atoms. The number of aromatic hydroxyl groups is 1. The highest BCUT2D eigenvalue weighted by Gasteiger charge is 2.68. The number of thiophene rings is 1. The molecule has 4 amide bonds. The van der Waals surface area contributed by atoms with Gasteiger partial charge in [0.25, 0.3) is 0 Å². The Morgan fingerprint density at radius 3 is 2.43 bits per heavy atom. The van der Waals surface area contributed by atoms with Crippen LogP contribution >= 0.6 is 34.5 Å². The smallest absolute Gasteiger partial charge is 0.242 e. The standard InChI is InChI=1S/C42H34Cl2N4O5S/c1-5-21-6-9-23(10-7-21)47-38(50)27-14-13-25-29(35(27)40(47)52)18-30-39(51)48(41(53)42(30,3)36(25)26-12-11-24(49)17-31(26)44)34-19-32(45-46(34)4)37-20(2)28-16-22(43)8-15-33(28)54-37/h5-13,15-17,19,27,29-30,35-36,49H,1,14,18H2,2-4H3. The van der Waals surface area contributed by atoms with Gasteiger partial charge in [-0.3, -0.25) is 28.8 Å². The summed E-state index contributed by atoms with van der Waals surface area (Å²) < 4.78 is 2.60. The fraction of sp³-hybridized carbons (Fsp3) is 0.262. The van der Waals surface area contributed by atoms with Gasteiger partial charge >= 0.3 is 0 Å². The van der Waals surface area contributed by atoms with Crippen molar-refractivity contribution in [2.24, 2.45) is 36.1 Å². The number of phenolic OH excluding ortho intramolecular Hbond substituents is 1. The van der Waals surface area contributed by atoms with E-state index in [9.17, 15) is 19.5 Å². The summed E-state index contributed by atoms with van der Waals surface area (Å²) in [6.07, 6.45) is 4.17. The Labute approximate surface area is 325 Å². The van der Waals surface area contributed by atoms with Crippen LogP contribution in [0.25, 0.3) is 26.7 Å². The number of benzene rings is 3. The van der Waals surface area contributed by atoms with E-state index in [0.29, 0.717) is 34.2 Å². The van der Waals surface area contributed by atoms with E-state index < -0.39 is 46.8 Å². The molecule has 2 saturated heterocycles. The monoisotopic (exact) mass is 776 g/mol. The number of nitrogens with zero attached hydrogens (tertiary/aromatic N) is 4. The predicted molar refractivity (Wildman–Crippen MR) is 211 cm³/mol. The zero-order valence-corrected chi connectivity index (χ0v) is 31.9. The van der Waals surface area contributed by atoms with Gasteiger partial charge in [0, 0.05) is 33.8 Å². The molecule has 2 aliphatic carbocycles. The fourth-order valence-electron chi connectivity index (χ4n) is 9.56. The number of carbonyl (C=O) groups excluding carboxylic acids is 4. The number of rotatable bonds is 5. The average molecular weight is 778 g/mol. The Morgan fingerprint density at radius 1 is 0.944 bits per heavy atom. The van der Waals surface area contributed by atoms with E-state index in [4.69, 9.17) is 28.3 Å². The number of allylic oxidation sites excluding steroid dienone is 2. The molecule has 54 heavy (non-hydrogen) atoms. The second kappa shape index (κ2) is 12.2. The van der Waals surface area contributed by atoms with Crippen molar-refractivity contribution in [3.8, 4) is 16.3 Å². The van der Waals surface area contributed by atoms with E-state index in [2.05, 4.69) is 6.58 Å². The van der Waals surface area contributed by atoms with Crippen LogP contribution in [0.2, 0.25) is 10.0 Å². The molecular formula is C42H34Cl2N4O5S. The van der Waals surface area contributed by atoms with Gasteiger partial charge in [0.1, 0.15) is 17.3 Å². The van der Waals surface area contributed by atoms with Crippen molar-refractivity contribution >= 4 is 85.8 Å². The molecule has 6 atom stereocenters. The van der Waals surface area contributed by atoms with Crippen LogP contribution in [-0.2, 0) is 26.2 Å². The molecule has 9 nitrogen and oxygen atoms in total. The first-order valence-corrected chi connectivity index (χ1v) is 19.3. The summed E-state index contributed by atoms with van der Waals surface area (Å²) in [5.41, 5.74) is 3.02. The predicted octanol–water partition coefficient (Wildman–Crippen LogP) is 8.70. The molecule has 3 aromatic carbocycles. The van der Waals surface area contributed by atoms with Gasteiger partial charge in [-0.25, -0.2) is 4.90 Å². The highest BCUT2D eigenvalue weighted by atomic mass is 35.5. The lowest BCUT2D eigenvalue weighted by Crippen LogP contribution is -2.49. The maximum atomic E-state index is 15.1. The molecule has 0 bridgehead atoms. The minimum Gasteiger partial charge on any atom is -0.508 e. The number of phenols is 1. The maximum absolute atomic E-state index is 15.1. The molecule has 1 N–H and O–H groups in total. The van der Waals surface area contributed by atoms with Crippen LogP contribution in [0.3, 0.4) is 0 Å². The molecule has 4 aliphatic rings. The summed E-state index contributed by atoms with van der Waals surface area (Å²) in [6.45, 7) is 7.60. The number of aryl methyl sites for hydroxylation is 2. The molecular weight excluding hydrogens is 743 g/mol. The molecule has 9 rings (SSSR count). The highest BCUT2D eigenvalue weighted by Crippen LogP contribution is 2.64. The lowest BCUT2D eigenvalue weighted by Gasteiger charge is -2.49. The largest absolute Gasteiger partial charge is 0.508 e. The van der Waals surface area contributed by atoms with Gasteiger partial charge in [0.15, 0.2) is 0 Å². The van der Waals surface area contributed by atoms with Crippen LogP contribution in [0.5, 0.6) is 5.75 Å². The topological polar surface area (TPSA) is 113 Å². The number of aromatic nitrogens is 2. The Balaban J connectivity index is 1.15. The first-order valence-electron chi connectivity index (χ1n) is 17.7. The van der Waals surface area contributed by atoms with E-state index in [1.165, 1.54) is 21.9 Å². The Bertz CT molecular complexity index is 2540. The number of imide groups is 2. The van der Waals surface area contributed by atoms with Gasteiger partial charge in [-0.1, -0.05) is 65.7 Å². The van der Waals surface area contributed by atoms with Crippen molar-refractivity contribution in [1.82, 2.24) is 9.78 Å². The lowest BCUT2D eigenvalue weighted by molar-refractivity contribution is -0.131. The third-order valence-electron chi connectivity index (χ3n) is 12.2. The van der Waals surface area contributed by atoms with E-state index in [1.807, 2.05) is 43.3 Å². The quantitative estimate of drug-likeness (QED) is 0.141. The number of carbonyl (C=O) groups is 4. The summed E-state index contributed by atoms with van der Waals surface area (Å²) in [4.78, 5) is 61.8. The zero-order valence-electron chi connectivity index (χ0n) is 29.5. The molecule has 4 heterocycles. The van der Waals surface area contributed by atoms with Gasteiger partial charge in [-0.2, -0.15) is 5.10 Å². The SMILES string of the molecule is C=Cc1ccc(N2C(=O)C3CC=C4C(CC5C(=O)N(c6cc(-c7sc8ccc(Cl)cc8c7C)nn6C)C(=O)C5(C)C4c4ccc(O)cc4Cl)C3C2=O)cc1. The first-order chi connectivity index (χ1) is 25.8. The molecule has 272 valence electrons. The summed E-state index contributed by atoms with van der Waals surface area (Å²) in [5.74, 6) is -4.55. The lowest BCUT2D eigenvalue weighted by atomic mass is 9.51. The zero-order chi connectivity index (χ0) is 38.0. The van der Waals surface area contributed by atoms with Crippen LogP contribution in [0.15, 0.2) is 85.0 Å². The van der Waals surface area contributed by atoms with Gasteiger partial charge < -0.3 is 5.11 Å². The van der Waals surface area contributed by atoms with Crippen LogP contribution < -0.4 is 9.80 Å². The highest BCUT2D eigenvalue weighted by molar-refractivity contribution is 7.22. The van der Waals surface area contributed by atoms with Gasteiger partial charge in [0.05, 0.1) is 33.7 Å². The minimum absolute atomic E-state index is 0.0400. The number of amides is 4. The Hall–Kier alpha value is -5.03. The van der Waals surface area contributed by atoms with Crippen LogP contribution in [-0.4, -0.2) is 38.5 Å². The van der Waals surface area contributed by atoms with E-state index >= 15 is 4.79 Å². The molecule has 2 aromatic heterocycles. The summed E-state index contributed by atoms with van der Waals surface area (Å²) in [6, 6.07) is 19.2. The number of hydrogen-bond donors (Lipinski definition) is 1. The normalized spacial score (nSPS) is 26.3. The molecule has 12 heteroatoms. The summed E-state index contributed by atoms with van der Waals surface area (Å²) >= 11 is 14.7. The number of halogens is 2. The maximum Gasteiger partial charge on any atom is 0.242 e. The van der Waals surface area contributed by atoms with Gasteiger partial charge in [-0.15, -0.1) is 11.3 Å². The number of hydrogen-bond acceptors (Lipinski definition) is 7. The van der Waals surface area contributed by atoms with Gasteiger partial charge in [0.2, 0.25) is 23.6 Å². The Kier molecular flexibility index (Phi) is 7.87. The fourth-order valence-corrected chi connectivity index (χ4v) is 11.2. The Morgan fingerprint density at radius 2 is 1.70 bits per heavy atom. The average Bonchev–Trinajstić information content (AvgIpc) is 3.82. The van der Waals surface area contributed by atoms with Crippen molar-refractivity contribution in [1.29, 1.82) is 0 Å². The molecule has 6 unspecified atom stereocenters. The van der Waals surface area contributed by atoms with E-state index in [1.54, 1.807) is 60.3 Å². The van der Waals surface area contributed by atoms with E-state index in [-0.39, 0.29) is 29.0 Å². The third kappa shape index (κ3) is 4.79. The number of fused-ring (bicyclic) bond motifs is 5. The van der Waals surface area contributed by atoms with Crippen LogP contribution in [0.4, 0.5) is 11.5 Å². The van der Waals surface area contributed by atoms with E-state index in [0.717, 1.165) is 31.7 Å². The summed E-state index contributed by atoms with van der Waals surface area (Å²) in [7, 11) is 1.71. The van der Waals surface area contributed by atoms with Gasteiger partial charge in [-0.05, 0) is 97.1 Å². The van der Waals surface area contributed by atoms with Crippen molar-refractivity contribution in [2.75, 3.05) is 9.80 Å². The second-order valence-corrected chi connectivity index (χ2v) is 16.8. The molecule has 2 aliphatic heterocycles. The van der Waals surface area contributed by atoms with Crippen LogP contribution in [0.1, 0.15) is 42.4 Å². The van der Waals surface area contributed by atoms with Crippen molar-refractivity contribution in [3.63, 3.8) is 0 Å². The molecule has 3 fully saturated rings. The molecule has 1 saturated carbocycles. The van der Waals surface area contributed by atoms with Crippen molar-refractivity contribution in [2.45, 2.75) is 32.6 Å². The third-order valence-corrected chi connectivity index (χ3v) is 14.0. The number of anilines is 2. The van der Waals surface area contributed by atoms with Crippen molar-refractivity contribution < 1.29 is 24.3 Å². The summed E-state index contributed by atoms with van der Waals surface area (Å²) in [5, 5.41) is 17.0. The van der Waals surface area contributed by atoms with Crippen LogP contribution in [0, 0.1) is 36.0 Å². The van der Waals surface area contributed by atoms with Crippen molar-refractivity contribution in [3.05, 3.63) is 112 Å². The second-order valence-electron chi connectivity index (χ2n) is 14.9. The minimum atomic E-state index is -1.31.